The molecular weight excluding hydrogens is 314 g/mol. The first-order valence-corrected chi connectivity index (χ1v) is 6.65. The number of halogens is 1. The van der Waals surface area contributed by atoms with Crippen LogP contribution in [0.15, 0.2) is 21.4 Å². The van der Waals surface area contributed by atoms with Crippen LogP contribution in [0.4, 0.5) is 5.95 Å². The highest BCUT2D eigenvalue weighted by Crippen LogP contribution is 2.26. The van der Waals surface area contributed by atoms with E-state index in [9.17, 15) is 0 Å². The molecule has 1 fully saturated rings. The molecule has 2 aromatic rings. The minimum absolute atomic E-state index is 0.142. The predicted octanol–water partition coefficient (Wildman–Crippen LogP) is 1.51. The molecule has 1 saturated heterocycles. The van der Waals surface area contributed by atoms with Crippen molar-refractivity contribution in [3.8, 4) is 0 Å². The fraction of sp³-hybridized carbons (Fsp3) is 0.455. The van der Waals surface area contributed by atoms with E-state index in [1.165, 1.54) is 0 Å². The van der Waals surface area contributed by atoms with Crippen molar-refractivity contribution in [1.29, 1.82) is 0 Å². The number of ether oxygens (including phenoxy) is 1. The molecule has 7 nitrogen and oxygen atoms in total. The van der Waals surface area contributed by atoms with E-state index < -0.39 is 0 Å². The van der Waals surface area contributed by atoms with Crippen molar-refractivity contribution < 1.29 is 9.26 Å². The van der Waals surface area contributed by atoms with Gasteiger partial charge in [0.15, 0.2) is 5.82 Å². The number of hydrogen-bond acceptors (Lipinski definition) is 7. The molecule has 100 valence electrons. The van der Waals surface area contributed by atoms with E-state index in [4.69, 9.17) is 9.26 Å². The third kappa shape index (κ3) is 2.59. The van der Waals surface area contributed by atoms with Gasteiger partial charge in [0.25, 0.3) is 5.89 Å². The molecule has 2 aromatic heterocycles. The van der Waals surface area contributed by atoms with Crippen molar-refractivity contribution >= 4 is 21.9 Å². The van der Waals surface area contributed by atoms with Crippen LogP contribution in [0, 0.1) is 6.92 Å². The highest BCUT2D eigenvalue weighted by molar-refractivity contribution is 9.10. The number of rotatable bonds is 2. The third-order valence-corrected chi connectivity index (χ3v) is 3.23. The van der Waals surface area contributed by atoms with Crippen molar-refractivity contribution in [2.24, 2.45) is 0 Å². The highest BCUT2D eigenvalue weighted by atomic mass is 79.9. The minimum atomic E-state index is -0.142. The lowest BCUT2D eigenvalue weighted by Gasteiger charge is -2.33. The summed E-state index contributed by atoms with van der Waals surface area (Å²) in [6.45, 7) is 3.59. The lowest BCUT2D eigenvalue weighted by Crippen LogP contribution is -2.40. The normalized spacial score (nSPS) is 19.7. The van der Waals surface area contributed by atoms with Crippen LogP contribution in [-0.4, -0.2) is 39.9 Å². The summed E-state index contributed by atoms with van der Waals surface area (Å²) in [5, 5.41) is 3.82. The molecule has 1 unspecified atom stereocenters. The first-order valence-electron chi connectivity index (χ1n) is 5.86. The molecule has 1 aliphatic heterocycles. The van der Waals surface area contributed by atoms with Gasteiger partial charge >= 0.3 is 0 Å². The summed E-state index contributed by atoms with van der Waals surface area (Å²) in [7, 11) is 0. The van der Waals surface area contributed by atoms with Crippen LogP contribution in [-0.2, 0) is 4.74 Å². The summed E-state index contributed by atoms with van der Waals surface area (Å²) in [4.78, 5) is 14.9. The summed E-state index contributed by atoms with van der Waals surface area (Å²) in [5.74, 6) is 1.77. The van der Waals surface area contributed by atoms with Crippen LogP contribution in [0.3, 0.4) is 0 Å². The van der Waals surface area contributed by atoms with Gasteiger partial charge in [-0.25, -0.2) is 9.97 Å². The fourth-order valence-electron chi connectivity index (χ4n) is 1.95. The summed E-state index contributed by atoms with van der Waals surface area (Å²) in [6.07, 6.45) is 3.43. The average Bonchev–Trinajstić information content (AvgIpc) is 2.86. The Bertz CT molecular complexity index is 558. The zero-order valence-corrected chi connectivity index (χ0v) is 11.9. The van der Waals surface area contributed by atoms with Crippen LogP contribution in [0.1, 0.15) is 17.8 Å². The van der Waals surface area contributed by atoms with Crippen molar-refractivity contribution in [2.75, 3.05) is 24.7 Å². The van der Waals surface area contributed by atoms with Gasteiger partial charge in [-0.1, -0.05) is 5.16 Å². The van der Waals surface area contributed by atoms with Crippen LogP contribution in [0.2, 0.25) is 0 Å². The molecule has 1 aliphatic rings. The molecule has 0 spiro atoms. The standard InChI is InChI=1S/C11H12BrN5O2/c1-7-15-10(19-16-7)9-6-18-3-2-17(9)11-13-4-8(12)5-14-11/h4-5,9H,2-3,6H2,1H3. The van der Waals surface area contributed by atoms with Crippen LogP contribution in [0.25, 0.3) is 0 Å². The van der Waals surface area contributed by atoms with Gasteiger partial charge in [0.2, 0.25) is 5.95 Å². The average molecular weight is 326 g/mol. The summed E-state index contributed by atoms with van der Waals surface area (Å²) < 4.78 is 11.6. The lowest BCUT2D eigenvalue weighted by molar-refractivity contribution is 0.0829. The minimum Gasteiger partial charge on any atom is -0.377 e. The van der Waals surface area contributed by atoms with Gasteiger partial charge < -0.3 is 14.2 Å². The second kappa shape index (κ2) is 5.22. The van der Waals surface area contributed by atoms with Crippen LogP contribution < -0.4 is 4.90 Å². The van der Waals surface area contributed by atoms with E-state index in [1.807, 2.05) is 4.90 Å². The molecule has 1 atom stereocenters. The molecule has 0 bridgehead atoms. The molecule has 0 N–H and O–H groups in total. The van der Waals surface area contributed by atoms with E-state index in [2.05, 4.69) is 36.0 Å². The molecule has 3 rings (SSSR count). The second-order valence-corrected chi connectivity index (χ2v) is 5.08. The number of aryl methyl sites for hydroxylation is 1. The number of nitrogens with zero attached hydrogens (tertiary/aromatic N) is 5. The molecule has 8 heteroatoms. The molecule has 0 aliphatic carbocycles. The van der Waals surface area contributed by atoms with Gasteiger partial charge in [-0.15, -0.1) is 0 Å². The highest BCUT2D eigenvalue weighted by Gasteiger charge is 2.30. The topological polar surface area (TPSA) is 77.2 Å². The number of hydrogen-bond donors (Lipinski definition) is 0. The number of aromatic nitrogens is 4. The molecule has 0 amide bonds. The van der Waals surface area contributed by atoms with E-state index in [0.717, 1.165) is 4.47 Å². The maximum Gasteiger partial charge on any atom is 0.251 e. The third-order valence-electron chi connectivity index (χ3n) is 2.82. The monoisotopic (exact) mass is 325 g/mol. The number of anilines is 1. The SMILES string of the molecule is Cc1noc(C2COCCN2c2ncc(Br)cn2)n1. The molecule has 0 radical (unpaired) electrons. The van der Waals surface area contributed by atoms with E-state index in [0.29, 0.717) is 37.4 Å². The van der Waals surface area contributed by atoms with E-state index >= 15 is 0 Å². The van der Waals surface area contributed by atoms with Crippen molar-refractivity contribution in [2.45, 2.75) is 13.0 Å². The number of morpholine rings is 1. The second-order valence-electron chi connectivity index (χ2n) is 4.17. The zero-order valence-electron chi connectivity index (χ0n) is 10.3. The summed E-state index contributed by atoms with van der Waals surface area (Å²) >= 11 is 3.32. The molecular formula is C11H12BrN5O2. The van der Waals surface area contributed by atoms with Crippen LogP contribution in [0.5, 0.6) is 0 Å². The molecule has 0 saturated carbocycles. The Kier molecular flexibility index (Phi) is 3.43. The summed E-state index contributed by atoms with van der Waals surface area (Å²) in [5.41, 5.74) is 0. The largest absolute Gasteiger partial charge is 0.377 e. The Balaban J connectivity index is 1.90. The predicted molar refractivity (Wildman–Crippen MR) is 69.7 cm³/mol. The molecule has 0 aromatic carbocycles. The first-order chi connectivity index (χ1) is 9.24. The quantitative estimate of drug-likeness (QED) is 0.828. The van der Waals surface area contributed by atoms with Gasteiger partial charge in [0.1, 0.15) is 6.04 Å². The Labute approximate surface area is 118 Å². The van der Waals surface area contributed by atoms with Gasteiger partial charge in [-0.05, 0) is 22.9 Å². The molecule has 3 heterocycles. The van der Waals surface area contributed by atoms with Crippen molar-refractivity contribution in [3.63, 3.8) is 0 Å². The van der Waals surface area contributed by atoms with Gasteiger partial charge in [-0.2, -0.15) is 4.98 Å². The Morgan fingerprint density at radius 3 is 2.84 bits per heavy atom. The summed E-state index contributed by atoms with van der Waals surface area (Å²) in [6, 6.07) is -0.142. The van der Waals surface area contributed by atoms with E-state index in [-0.39, 0.29) is 6.04 Å². The van der Waals surface area contributed by atoms with Crippen LogP contribution >= 0.6 is 15.9 Å². The van der Waals surface area contributed by atoms with Crippen molar-refractivity contribution in [3.05, 3.63) is 28.6 Å². The maximum absolute atomic E-state index is 5.49. The van der Waals surface area contributed by atoms with Gasteiger partial charge in [-0.3, -0.25) is 0 Å². The fourth-order valence-corrected chi connectivity index (χ4v) is 2.15. The maximum atomic E-state index is 5.49. The first kappa shape index (κ1) is 12.5. The Hall–Kier alpha value is -1.54. The Morgan fingerprint density at radius 2 is 2.16 bits per heavy atom. The molecule has 19 heavy (non-hydrogen) atoms. The van der Waals surface area contributed by atoms with E-state index in [1.54, 1.807) is 19.3 Å². The van der Waals surface area contributed by atoms with Gasteiger partial charge in [0, 0.05) is 18.9 Å². The van der Waals surface area contributed by atoms with Gasteiger partial charge in [0.05, 0.1) is 17.7 Å². The van der Waals surface area contributed by atoms with Crippen molar-refractivity contribution in [1.82, 2.24) is 20.1 Å². The zero-order chi connectivity index (χ0) is 13.2. The smallest absolute Gasteiger partial charge is 0.251 e. The Morgan fingerprint density at radius 1 is 1.37 bits per heavy atom. The lowest BCUT2D eigenvalue weighted by atomic mass is 10.2.